The van der Waals surface area contributed by atoms with Crippen LogP contribution in [0.4, 0.5) is 4.79 Å². The van der Waals surface area contributed by atoms with Gasteiger partial charge in [-0.15, -0.1) is 0 Å². The van der Waals surface area contributed by atoms with E-state index in [1.807, 2.05) is 32.9 Å². The second kappa shape index (κ2) is 8.05. The first-order chi connectivity index (χ1) is 9.83. The topological polar surface area (TPSA) is 82.0 Å². The molecule has 1 heterocycles. The van der Waals surface area contributed by atoms with E-state index in [0.717, 1.165) is 11.3 Å². The van der Waals surface area contributed by atoms with Gasteiger partial charge in [0.1, 0.15) is 5.60 Å². The van der Waals surface area contributed by atoms with Crippen molar-refractivity contribution in [1.82, 2.24) is 10.4 Å². The van der Waals surface area contributed by atoms with Crippen molar-refractivity contribution >= 4 is 6.09 Å². The number of carbonyl (C=O) groups is 1. The molecule has 21 heavy (non-hydrogen) atoms. The third-order valence-electron chi connectivity index (χ3n) is 2.92. The molecule has 6 heteroatoms. The normalized spacial score (nSPS) is 15.4. The lowest BCUT2D eigenvalue weighted by molar-refractivity contribution is -0.0503. The Morgan fingerprint density at radius 2 is 2.14 bits per heavy atom. The van der Waals surface area contributed by atoms with E-state index in [0.29, 0.717) is 32.4 Å². The zero-order valence-electron chi connectivity index (χ0n) is 13.1. The predicted octanol–water partition coefficient (Wildman–Crippen LogP) is 2.19. The van der Waals surface area contributed by atoms with Crippen molar-refractivity contribution in [3.8, 4) is 0 Å². The number of aliphatic hydroxyl groups is 1. The molecule has 0 unspecified atom stereocenters. The summed E-state index contributed by atoms with van der Waals surface area (Å²) in [6.45, 7) is 6.42. The number of rotatable bonds is 6. The summed E-state index contributed by atoms with van der Waals surface area (Å²) in [6.07, 6.45) is 5.19. The fraction of sp³-hybridized carbons (Fsp3) is 0.667. The number of amides is 1. The van der Waals surface area contributed by atoms with Crippen LogP contribution in [0.2, 0.25) is 0 Å². The lowest BCUT2D eigenvalue weighted by Crippen LogP contribution is -2.33. The van der Waals surface area contributed by atoms with Gasteiger partial charge in [-0.25, -0.2) is 4.79 Å². The molecule has 0 radical (unpaired) electrons. The van der Waals surface area contributed by atoms with Crippen LogP contribution in [-0.2, 0) is 4.74 Å². The maximum Gasteiger partial charge on any atom is 0.407 e. The molecule has 120 valence electrons. The highest BCUT2D eigenvalue weighted by Gasteiger charge is 2.17. The largest absolute Gasteiger partial charge is 0.444 e. The minimum Gasteiger partial charge on any atom is -0.444 e. The Morgan fingerprint density at radius 3 is 2.76 bits per heavy atom. The molecule has 0 bridgehead atoms. The van der Waals surface area contributed by atoms with E-state index in [-0.39, 0.29) is 6.61 Å². The van der Waals surface area contributed by atoms with Crippen LogP contribution in [-0.4, -0.2) is 46.8 Å². The van der Waals surface area contributed by atoms with Crippen LogP contribution >= 0.6 is 0 Å². The minimum absolute atomic E-state index is 0.0488. The molecule has 0 fully saturated rings. The number of ether oxygens (including phenoxy) is 1. The second-order valence-corrected chi connectivity index (χ2v) is 5.96. The van der Waals surface area contributed by atoms with E-state index in [4.69, 9.17) is 9.84 Å². The summed E-state index contributed by atoms with van der Waals surface area (Å²) in [7, 11) is 0. The van der Waals surface area contributed by atoms with Gasteiger partial charge in [0.2, 0.25) is 0 Å². The highest BCUT2D eigenvalue weighted by atomic mass is 16.6. The number of hydrogen-bond acceptors (Lipinski definition) is 5. The lowest BCUT2D eigenvalue weighted by atomic mass is 10.0. The van der Waals surface area contributed by atoms with Crippen LogP contribution in [0.15, 0.2) is 23.4 Å². The van der Waals surface area contributed by atoms with Gasteiger partial charge in [0, 0.05) is 18.8 Å². The quantitative estimate of drug-likeness (QED) is 0.655. The minimum atomic E-state index is -0.503. The van der Waals surface area contributed by atoms with Gasteiger partial charge in [-0.05, 0) is 45.6 Å². The van der Waals surface area contributed by atoms with E-state index in [2.05, 4.69) is 5.32 Å². The summed E-state index contributed by atoms with van der Waals surface area (Å²) in [5, 5.41) is 22.8. The standard InChI is InChI=1S/C15H26N2O4/c1-15(2,3)21-14(19)16-9-4-7-13-12(8-11-18)6-5-10-17(13)20/h5-6,18,20H,4,7-11H2,1-3H3,(H,16,19). The molecule has 0 aromatic heterocycles. The Kier molecular flexibility index (Phi) is 6.71. The molecule has 0 spiro atoms. The Balaban J connectivity index is 2.39. The number of carbonyl (C=O) groups excluding carboxylic acids is 1. The summed E-state index contributed by atoms with van der Waals surface area (Å²) in [5.41, 5.74) is 1.23. The summed E-state index contributed by atoms with van der Waals surface area (Å²) in [6, 6.07) is 0. The Labute approximate surface area is 126 Å². The molecule has 0 aliphatic carbocycles. The number of nitrogens with one attached hydrogen (secondary N) is 1. The van der Waals surface area contributed by atoms with Crippen molar-refractivity contribution in [2.45, 2.75) is 45.6 Å². The Hall–Kier alpha value is -1.53. The summed E-state index contributed by atoms with van der Waals surface area (Å²) < 4.78 is 5.14. The number of alkyl carbamates (subject to hydrolysis) is 1. The first kappa shape index (κ1) is 17.5. The molecule has 3 N–H and O–H groups in total. The first-order valence-corrected chi connectivity index (χ1v) is 7.26. The highest BCUT2D eigenvalue weighted by molar-refractivity contribution is 5.67. The zero-order chi connectivity index (χ0) is 15.9. The average molecular weight is 298 g/mol. The second-order valence-electron chi connectivity index (χ2n) is 5.96. The van der Waals surface area contributed by atoms with Crippen LogP contribution < -0.4 is 5.32 Å². The van der Waals surface area contributed by atoms with Gasteiger partial charge >= 0.3 is 6.09 Å². The number of aliphatic hydroxyl groups excluding tert-OH is 1. The maximum atomic E-state index is 11.5. The van der Waals surface area contributed by atoms with Gasteiger partial charge in [-0.1, -0.05) is 12.2 Å². The van der Waals surface area contributed by atoms with Crippen molar-refractivity contribution in [2.24, 2.45) is 0 Å². The van der Waals surface area contributed by atoms with Gasteiger partial charge in [-0.2, -0.15) is 0 Å². The molecule has 1 amide bonds. The highest BCUT2D eigenvalue weighted by Crippen LogP contribution is 2.22. The molecule has 0 saturated heterocycles. The van der Waals surface area contributed by atoms with Gasteiger partial charge in [0.25, 0.3) is 0 Å². The first-order valence-electron chi connectivity index (χ1n) is 7.26. The molecular weight excluding hydrogens is 272 g/mol. The van der Waals surface area contributed by atoms with E-state index in [1.54, 1.807) is 0 Å². The molecule has 0 aromatic rings. The summed E-state index contributed by atoms with van der Waals surface area (Å²) in [5.74, 6) is 0. The molecule has 1 aliphatic heterocycles. The number of hydroxylamine groups is 2. The summed E-state index contributed by atoms with van der Waals surface area (Å²) in [4.78, 5) is 11.5. The van der Waals surface area contributed by atoms with E-state index < -0.39 is 11.7 Å². The fourth-order valence-corrected chi connectivity index (χ4v) is 2.07. The third kappa shape index (κ3) is 6.64. The molecule has 0 saturated carbocycles. The van der Waals surface area contributed by atoms with E-state index in [9.17, 15) is 10.0 Å². The number of nitrogens with zero attached hydrogens (tertiary/aromatic N) is 1. The SMILES string of the molecule is CC(C)(C)OC(=O)NCCCC1=C(CCO)C=CCN1O. The van der Waals surface area contributed by atoms with E-state index >= 15 is 0 Å². The maximum absolute atomic E-state index is 11.5. The van der Waals surface area contributed by atoms with Crippen molar-refractivity contribution < 1.29 is 19.8 Å². The van der Waals surface area contributed by atoms with Crippen LogP contribution in [0.3, 0.4) is 0 Å². The number of allylic oxidation sites excluding steroid dienone is 2. The Morgan fingerprint density at radius 1 is 1.43 bits per heavy atom. The summed E-state index contributed by atoms with van der Waals surface area (Å²) >= 11 is 0. The van der Waals surface area contributed by atoms with Crippen LogP contribution in [0.1, 0.15) is 40.0 Å². The van der Waals surface area contributed by atoms with Crippen LogP contribution in [0, 0.1) is 0 Å². The van der Waals surface area contributed by atoms with Crippen LogP contribution in [0.5, 0.6) is 0 Å². The van der Waals surface area contributed by atoms with Gasteiger partial charge in [0.05, 0.1) is 6.54 Å². The Bertz CT molecular complexity index is 410. The van der Waals surface area contributed by atoms with Crippen molar-refractivity contribution in [3.63, 3.8) is 0 Å². The van der Waals surface area contributed by atoms with Gasteiger partial charge in [-0.3, -0.25) is 10.3 Å². The lowest BCUT2D eigenvalue weighted by Gasteiger charge is -2.25. The average Bonchev–Trinajstić information content (AvgIpc) is 2.35. The van der Waals surface area contributed by atoms with Crippen molar-refractivity contribution in [1.29, 1.82) is 0 Å². The van der Waals surface area contributed by atoms with E-state index in [1.165, 1.54) is 5.06 Å². The number of hydrogen-bond donors (Lipinski definition) is 3. The van der Waals surface area contributed by atoms with Crippen molar-refractivity contribution in [2.75, 3.05) is 19.7 Å². The molecule has 0 atom stereocenters. The van der Waals surface area contributed by atoms with Gasteiger partial charge < -0.3 is 15.2 Å². The molecule has 6 nitrogen and oxygen atoms in total. The monoisotopic (exact) mass is 298 g/mol. The molecule has 0 aromatic carbocycles. The molecule has 1 aliphatic rings. The van der Waals surface area contributed by atoms with Crippen LogP contribution in [0.25, 0.3) is 0 Å². The smallest absolute Gasteiger partial charge is 0.407 e. The third-order valence-corrected chi connectivity index (χ3v) is 2.92. The molecule has 1 rings (SSSR count). The predicted molar refractivity (Wildman–Crippen MR) is 79.8 cm³/mol. The fourth-order valence-electron chi connectivity index (χ4n) is 2.07. The van der Waals surface area contributed by atoms with Crippen molar-refractivity contribution in [3.05, 3.63) is 23.4 Å². The van der Waals surface area contributed by atoms with Gasteiger partial charge in [0.15, 0.2) is 0 Å². The molecular formula is C15H26N2O4. The zero-order valence-corrected chi connectivity index (χ0v) is 13.1.